The van der Waals surface area contributed by atoms with E-state index in [2.05, 4.69) is 25.1 Å². The van der Waals surface area contributed by atoms with E-state index in [1.807, 2.05) is 0 Å². The number of H-pyrrole nitrogens is 1. The normalized spacial score (nSPS) is 11.3. The van der Waals surface area contributed by atoms with E-state index in [0.717, 1.165) is 0 Å². The van der Waals surface area contributed by atoms with Crippen LogP contribution in [0.25, 0.3) is 22.8 Å². The van der Waals surface area contributed by atoms with Gasteiger partial charge in [-0.15, -0.1) is 10.2 Å². The highest BCUT2D eigenvalue weighted by molar-refractivity contribution is 5.68. The number of nitrogens with one attached hydrogen (secondary N) is 1. The number of hydrogen-bond donors (Lipinski definition) is 1. The van der Waals surface area contributed by atoms with Gasteiger partial charge in [0.1, 0.15) is 11.4 Å². The van der Waals surface area contributed by atoms with Crippen molar-refractivity contribution in [1.82, 2.24) is 20.2 Å². The van der Waals surface area contributed by atoms with Gasteiger partial charge in [-0.3, -0.25) is 9.78 Å². The van der Waals surface area contributed by atoms with Crippen LogP contribution in [-0.2, 0) is 15.9 Å². The topological polar surface area (TPSA) is 90.0 Å². The van der Waals surface area contributed by atoms with Crippen molar-refractivity contribution in [2.45, 2.75) is 19.5 Å². The number of nitrogens with zero attached hydrogens (tertiary/aromatic N) is 3. The Labute approximate surface area is 151 Å². The molecule has 7 nitrogen and oxygen atoms in total. The zero-order valence-corrected chi connectivity index (χ0v) is 13.9. The number of carbonyl (C=O) groups is 1. The summed E-state index contributed by atoms with van der Waals surface area (Å²) in [7, 11) is 0. The third kappa shape index (κ3) is 4.40. The molecule has 0 aliphatic carbocycles. The van der Waals surface area contributed by atoms with Gasteiger partial charge in [0.2, 0.25) is 0 Å². The summed E-state index contributed by atoms with van der Waals surface area (Å²) in [6.45, 7) is 1.64. The highest BCUT2D eigenvalue weighted by Crippen LogP contribution is 2.29. The summed E-state index contributed by atoms with van der Waals surface area (Å²) in [5.41, 5.74) is 0.417. The average molecular weight is 378 g/mol. The van der Waals surface area contributed by atoms with Crippen molar-refractivity contribution in [3.8, 4) is 28.5 Å². The standard InChI is InChI=1S/C17H13F3N4O3/c1-2-15(25)27-26-11-5-3-10(4-6-11)12-7-8-13(24-23-12)16-21-9-14(22-16)17(18,19)20/h3-9H,2H2,1H3,(H,21,22). The fourth-order valence-corrected chi connectivity index (χ4v) is 2.04. The van der Waals surface area contributed by atoms with Crippen LogP contribution in [0.2, 0.25) is 0 Å². The molecule has 0 amide bonds. The quantitative estimate of drug-likeness (QED) is 0.537. The Morgan fingerprint density at radius 3 is 2.30 bits per heavy atom. The Kier molecular flexibility index (Phi) is 5.06. The summed E-state index contributed by atoms with van der Waals surface area (Å²) in [6.07, 6.45) is -3.61. The fraction of sp³-hybridized carbons (Fsp3) is 0.176. The first-order valence-electron chi connectivity index (χ1n) is 7.81. The first kappa shape index (κ1) is 18.4. The number of alkyl halides is 3. The van der Waals surface area contributed by atoms with Crippen LogP contribution in [0.15, 0.2) is 42.6 Å². The summed E-state index contributed by atoms with van der Waals surface area (Å²) in [5, 5.41) is 7.90. The zero-order valence-electron chi connectivity index (χ0n) is 13.9. The second-order valence-corrected chi connectivity index (χ2v) is 5.36. The number of aromatic nitrogens is 4. The maximum Gasteiger partial charge on any atom is 0.432 e. The first-order chi connectivity index (χ1) is 12.9. The Hall–Kier alpha value is -3.43. The smallest absolute Gasteiger partial charge is 0.333 e. The van der Waals surface area contributed by atoms with Crippen molar-refractivity contribution in [3.63, 3.8) is 0 Å². The van der Waals surface area contributed by atoms with Gasteiger partial charge in [0.15, 0.2) is 11.6 Å². The predicted molar refractivity (Wildman–Crippen MR) is 87.1 cm³/mol. The van der Waals surface area contributed by atoms with E-state index in [9.17, 15) is 18.0 Å². The molecular formula is C17H13F3N4O3. The maximum absolute atomic E-state index is 12.6. The summed E-state index contributed by atoms with van der Waals surface area (Å²) in [5.74, 6) is -0.185. The summed E-state index contributed by atoms with van der Waals surface area (Å²) < 4.78 is 37.8. The lowest BCUT2D eigenvalue weighted by molar-refractivity contribution is -0.213. The maximum atomic E-state index is 12.6. The summed E-state index contributed by atoms with van der Waals surface area (Å²) in [6, 6.07) is 9.62. The van der Waals surface area contributed by atoms with E-state index in [4.69, 9.17) is 4.89 Å². The SMILES string of the molecule is CCC(=O)OOc1ccc(-c2ccc(-c3ncc(C(F)(F)F)[nH]3)nn2)cc1. The number of aromatic amines is 1. The first-order valence-corrected chi connectivity index (χ1v) is 7.81. The Morgan fingerprint density at radius 2 is 1.74 bits per heavy atom. The van der Waals surface area contributed by atoms with Crippen LogP contribution in [0.5, 0.6) is 5.75 Å². The number of rotatable bonds is 5. The second kappa shape index (κ2) is 7.44. The van der Waals surface area contributed by atoms with Gasteiger partial charge in [0, 0.05) is 12.0 Å². The third-order valence-corrected chi connectivity index (χ3v) is 3.46. The molecule has 140 valence electrons. The largest absolute Gasteiger partial charge is 0.432 e. The summed E-state index contributed by atoms with van der Waals surface area (Å²) in [4.78, 5) is 26.3. The minimum atomic E-state index is -4.51. The Bertz CT molecular complexity index is 922. The minimum Gasteiger partial charge on any atom is -0.333 e. The minimum absolute atomic E-state index is 0.0251. The van der Waals surface area contributed by atoms with Crippen LogP contribution in [0.1, 0.15) is 19.0 Å². The van der Waals surface area contributed by atoms with Crippen molar-refractivity contribution in [2.75, 3.05) is 0 Å². The molecule has 0 atom stereocenters. The molecule has 0 fully saturated rings. The van der Waals surface area contributed by atoms with Crippen molar-refractivity contribution < 1.29 is 27.7 Å². The van der Waals surface area contributed by atoms with Crippen LogP contribution < -0.4 is 4.89 Å². The van der Waals surface area contributed by atoms with E-state index < -0.39 is 17.8 Å². The van der Waals surface area contributed by atoms with Crippen molar-refractivity contribution in [1.29, 1.82) is 0 Å². The van der Waals surface area contributed by atoms with Gasteiger partial charge in [-0.2, -0.15) is 13.2 Å². The van der Waals surface area contributed by atoms with Gasteiger partial charge < -0.3 is 4.98 Å². The molecule has 1 aromatic carbocycles. The highest BCUT2D eigenvalue weighted by atomic mass is 19.4. The highest BCUT2D eigenvalue weighted by Gasteiger charge is 2.33. The van der Waals surface area contributed by atoms with Crippen LogP contribution in [0.4, 0.5) is 13.2 Å². The number of benzene rings is 1. The molecule has 0 bridgehead atoms. The third-order valence-electron chi connectivity index (χ3n) is 3.46. The van der Waals surface area contributed by atoms with Gasteiger partial charge in [-0.05, 0) is 36.4 Å². The van der Waals surface area contributed by atoms with E-state index in [1.54, 1.807) is 37.3 Å². The molecule has 0 saturated carbocycles. The lowest BCUT2D eigenvalue weighted by atomic mass is 10.1. The molecule has 2 aromatic heterocycles. The van der Waals surface area contributed by atoms with Crippen LogP contribution in [0, 0.1) is 0 Å². The van der Waals surface area contributed by atoms with Gasteiger partial charge in [-0.1, -0.05) is 6.92 Å². The molecule has 1 N–H and O–H groups in total. The van der Waals surface area contributed by atoms with Crippen LogP contribution in [0.3, 0.4) is 0 Å². The predicted octanol–water partition coefficient (Wildman–Crippen LogP) is 3.80. The average Bonchev–Trinajstić information content (AvgIpc) is 3.17. The van der Waals surface area contributed by atoms with Gasteiger partial charge in [-0.25, -0.2) is 9.78 Å². The van der Waals surface area contributed by atoms with Crippen LogP contribution >= 0.6 is 0 Å². The van der Waals surface area contributed by atoms with Gasteiger partial charge >= 0.3 is 12.1 Å². The molecule has 0 saturated heterocycles. The molecule has 2 heterocycles. The number of carbonyl (C=O) groups excluding carboxylic acids is 1. The monoisotopic (exact) mass is 378 g/mol. The molecule has 10 heteroatoms. The molecule has 0 unspecified atom stereocenters. The molecule has 0 aliphatic heterocycles. The number of imidazole rings is 1. The van der Waals surface area contributed by atoms with Crippen molar-refractivity contribution in [3.05, 3.63) is 48.3 Å². The number of halogens is 3. The van der Waals surface area contributed by atoms with Gasteiger partial charge in [0.25, 0.3) is 0 Å². The van der Waals surface area contributed by atoms with E-state index in [-0.39, 0.29) is 17.9 Å². The second-order valence-electron chi connectivity index (χ2n) is 5.36. The zero-order chi connectivity index (χ0) is 19.4. The molecule has 27 heavy (non-hydrogen) atoms. The molecule has 0 spiro atoms. The van der Waals surface area contributed by atoms with Gasteiger partial charge in [0.05, 0.1) is 11.9 Å². The van der Waals surface area contributed by atoms with Crippen LogP contribution in [-0.4, -0.2) is 26.1 Å². The van der Waals surface area contributed by atoms with Crippen molar-refractivity contribution >= 4 is 5.97 Å². The van der Waals surface area contributed by atoms with Crippen molar-refractivity contribution in [2.24, 2.45) is 0 Å². The molecule has 3 aromatic rings. The summed E-state index contributed by atoms with van der Waals surface area (Å²) >= 11 is 0. The molecule has 3 rings (SSSR count). The fourth-order valence-electron chi connectivity index (χ4n) is 2.04. The Balaban J connectivity index is 1.71. The molecule has 0 radical (unpaired) electrons. The lowest BCUT2D eigenvalue weighted by Gasteiger charge is -2.05. The molecular weight excluding hydrogens is 365 g/mol. The number of hydrogen-bond acceptors (Lipinski definition) is 6. The van der Waals surface area contributed by atoms with E-state index >= 15 is 0 Å². The molecule has 0 aliphatic rings. The van der Waals surface area contributed by atoms with E-state index in [0.29, 0.717) is 23.2 Å². The Morgan fingerprint density at radius 1 is 1.07 bits per heavy atom. The lowest BCUT2D eigenvalue weighted by Crippen LogP contribution is -2.05. The van der Waals surface area contributed by atoms with E-state index in [1.165, 1.54) is 6.07 Å².